The number of fused-ring (bicyclic) bond motifs is 1. The fraction of sp³-hybridized carbons (Fsp3) is 0.222. The molecule has 0 fully saturated rings. The molecule has 0 amide bonds. The molecule has 2 N–H and O–H groups in total. The molecule has 0 aliphatic carbocycles. The third-order valence-electron chi connectivity index (χ3n) is 2.14. The molecule has 0 aliphatic heterocycles. The van der Waals surface area contributed by atoms with Crippen molar-refractivity contribution < 1.29 is 4.92 Å². The molecular weight excluding hydrogens is 196 g/mol. The Morgan fingerprint density at radius 1 is 1.53 bits per heavy atom. The predicted octanol–water partition coefficient (Wildman–Crippen LogP) is 0.744. The molecule has 0 radical (unpaired) electrons. The molecule has 0 aliphatic rings. The van der Waals surface area contributed by atoms with Crippen LogP contribution in [-0.4, -0.2) is 20.9 Å². The van der Waals surface area contributed by atoms with Crippen LogP contribution in [0.3, 0.4) is 0 Å². The van der Waals surface area contributed by atoms with Gasteiger partial charge in [-0.2, -0.15) is 0 Å². The van der Waals surface area contributed by atoms with Gasteiger partial charge in [-0.3, -0.25) is 4.40 Å². The maximum absolute atomic E-state index is 10.7. The van der Waals surface area contributed by atoms with Crippen molar-refractivity contribution in [2.45, 2.75) is 6.42 Å². The van der Waals surface area contributed by atoms with Crippen LogP contribution in [0.1, 0.15) is 5.82 Å². The van der Waals surface area contributed by atoms with Crippen molar-refractivity contribution in [3.63, 3.8) is 0 Å². The van der Waals surface area contributed by atoms with E-state index in [-0.39, 0.29) is 5.82 Å². The summed E-state index contributed by atoms with van der Waals surface area (Å²) < 4.78 is 1.70. The van der Waals surface area contributed by atoms with E-state index in [1.165, 1.54) is 0 Å². The molecule has 0 unspecified atom stereocenters. The van der Waals surface area contributed by atoms with E-state index in [4.69, 9.17) is 5.73 Å². The van der Waals surface area contributed by atoms with Gasteiger partial charge in [0.25, 0.3) is 0 Å². The second-order valence-electron chi connectivity index (χ2n) is 3.10. The van der Waals surface area contributed by atoms with Crippen molar-refractivity contribution in [2.75, 3.05) is 6.54 Å². The van der Waals surface area contributed by atoms with E-state index in [9.17, 15) is 10.1 Å². The molecule has 6 nitrogen and oxygen atoms in total. The number of rotatable bonds is 3. The van der Waals surface area contributed by atoms with Crippen molar-refractivity contribution in [3.05, 3.63) is 40.3 Å². The topological polar surface area (TPSA) is 86.5 Å². The lowest BCUT2D eigenvalue weighted by atomic mass is 10.4. The minimum Gasteiger partial charge on any atom is -0.358 e. The molecule has 0 saturated carbocycles. The summed E-state index contributed by atoms with van der Waals surface area (Å²) in [6.07, 6.45) is 2.28. The summed E-state index contributed by atoms with van der Waals surface area (Å²) in [5.74, 6) is 0.513. The van der Waals surface area contributed by atoms with E-state index in [2.05, 4.69) is 4.98 Å². The lowest BCUT2D eigenvalue weighted by molar-refractivity contribution is -0.387. The van der Waals surface area contributed by atoms with Crippen LogP contribution >= 0.6 is 0 Å². The van der Waals surface area contributed by atoms with Crippen LogP contribution in [0.5, 0.6) is 0 Å². The Morgan fingerprint density at radius 3 is 3.00 bits per heavy atom. The van der Waals surface area contributed by atoms with Crippen molar-refractivity contribution in [1.82, 2.24) is 9.38 Å². The zero-order valence-corrected chi connectivity index (χ0v) is 7.96. The summed E-state index contributed by atoms with van der Waals surface area (Å²) in [5.41, 5.74) is 5.92. The molecule has 2 rings (SSSR count). The molecule has 0 aromatic carbocycles. The van der Waals surface area contributed by atoms with E-state index >= 15 is 0 Å². The number of hydrogen-bond acceptors (Lipinski definition) is 4. The number of aromatic nitrogens is 2. The fourth-order valence-corrected chi connectivity index (χ4v) is 1.52. The first kappa shape index (κ1) is 9.60. The van der Waals surface area contributed by atoms with Gasteiger partial charge in [-0.1, -0.05) is 6.07 Å². The van der Waals surface area contributed by atoms with Crippen LogP contribution in [0.4, 0.5) is 5.82 Å². The summed E-state index contributed by atoms with van der Waals surface area (Å²) in [6, 6.07) is 5.22. The van der Waals surface area contributed by atoms with Gasteiger partial charge in [0.2, 0.25) is 5.82 Å². The van der Waals surface area contributed by atoms with Crippen LogP contribution in [0, 0.1) is 10.1 Å². The van der Waals surface area contributed by atoms with Gasteiger partial charge in [0.1, 0.15) is 5.52 Å². The van der Waals surface area contributed by atoms with Gasteiger partial charge >= 0.3 is 5.82 Å². The average Bonchev–Trinajstić information content (AvgIpc) is 2.59. The van der Waals surface area contributed by atoms with Gasteiger partial charge in [-0.05, 0) is 22.0 Å². The van der Waals surface area contributed by atoms with Crippen LogP contribution in [0.2, 0.25) is 0 Å². The summed E-state index contributed by atoms with van der Waals surface area (Å²) in [6.45, 7) is 0.422. The fourth-order valence-electron chi connectivity index (χ4n) is 1.52. The highest BCUT2D eigenvalue weighted by atomic mass is 16.6. The Balaban J connectivity index is 2.67. The maximum atomic E-state index is 10.7. The Morgan fingerprint density at radius 2 is 2.33 bits per heavy atom. The lowest BCUT2D eigenvalue weighted by Crippen LogP contribution is -2.06. The molecule has 0 saturated heterocycles. The second-order valence-corrected chi connectivity index (χ2v) is 3.10. The summed E-state index contributed by atoms with van der Waals surface area (Å²) in [5, 5.41) is 10.7. The molecule has 2 aromatic rings. The second kappa shape index (κ2) is 3.66. The maximum Gasteiger partial charge on any atom is 0.389 e. The average molecular weight is 206 g/mol. The Bertz CT molecular complexity index is 506. The third kappa shape index (κ3) is 1.55. The van der Waals surface area contributed by atoms with Gasteiger partial charge in [-0.25, -0.2) is 0 Å². The van der Waals surface area contributed by atoms with Crippen molar-refractivity contribution in [2.24, 2.45) is 5.73 Å². The molecule has 0 bridgehead atoms. The zero-order valence-electron chi connectivity index (χ0n) is 7.96. The van der Waals surface area contributed by atoms with E-state index in [0.717, 1.165) is 0 Å². The van der Waals surface area contributed by atoms with Crippen molar-refractivity contribution >= 4 is 11.3 Å². The quantitative estimate of drug-likeness (QED) is 0.592. The lowest BCUT2D eigenvalue weighted by Gasteiger charge is -1.93. The number of nitrogens with zero attached hydrogens (tertiary/aromatic N) is 3. The highest BCUT2D eigenvalue weighted by Gasteiger charge is 2.20. The standard InChI is InChI=1S/C9H10N4O2/c10-5-4-8-11-9(13(14)15)7-3-1-2-6-12(7)8/h1-3,6H,4-5,10H2. The van der Waals surface area contributed by atoms with Gasteiger partial charge in [0.05, 0.1) is 0 Å². The van der Waals surface area contributed by atoms with E-state index in [1.807, 2.05) is 0 Å². The Kier molecular flexibility index (Phi) is 2.34. The number of nitro groups is 1. The third-order valence-corrected chi connectivity index (χ3v) is 2.14. The van der Waals surface area contributed by atoms with E-state index < -0.39 is 4.92 Å². The van der Waals surface area contributed by atoms with Gasteiger partial charge in [0, 0.05) is 19.2 Å². The van der Waals surface area contributed by atoms with Gasteiger partial charge in [-0.15, -0.1) is 0 Å². The van der Waals surface area contributed by atoms with Crippen molar-refractivity contribution in [1.29, 1.82) is 0 Å². The molecule has 0 spiro atoms. The first-order valence-electron chi connectivity index (χ1n) is 4.54. The Hall–Kier alpha value is -1.95. The smallest absolute Gasteiger partial charge is 0.358 e. The van der Waals surface area contributed by atoms with Crippen molar-refractivity contribution in [3.8, 4) is 0 Å². The number of imidazole rings is 1. The predicted molar refractivity (Wildman–Crippen MR) is 54.6 cm³/mol. The molecule has 78 valence electrons. The van der Waals surface area contributed by atoms with Gasteiger partial charge in [0.15, 0.2) is 0 Å². The molecule has 6 heteroatoms. The molecular formula is C9H10N4O2. The molecule has 2 aromatic heterocycles. The summed E-state index contributed by atoms with van der Waals surface area (Å²) in [7, 11) is 0. The first-order valence-corrected chi connectivity index (χ1v) is 4.54. The molecule has 15 heavy (non-hydrogen) atoms. The van der Waals surface area contributed by atoms with Crippen LogP contribution in [-0.2, 0) is 6.42 Å². The Labute approximate surface area is 85.5 Å². The van der Waals surface area contributed by atoms with Gasteiger partial charge < -0.3 is 15.8 Å². The number of hydrogen-bond donors (Lipinski definition) is 1. The number of pyridine rings is 1. The zero-order chi connectivity index (χ0) is 10.8. The molecule has 2 heterocycles. The first-order chi connectivity index (χ1) is 7.24. The van der Waals surface area contributed by atoms with Crippen LogP contribution in [0.25, 0.3) is 5.52 Å². The van der Waals surface area contributed by atoms with Crippen LogP contribution < -0.4 is 5.73 Å². The largest absolute Gasteiger partial charge is 0.389 e. The number of nitrogens with two attached hydrogens (primary N) is 1. The van der Waals surface area contributed by atoms with E-state index in [1.54, 1.807) is 28.8 Å². The minimum absolute atomic E-state index is 0.112. The van der Waals surface area contributed by atoms with Crippen LogP contribution in [0.15, 0.2) is 24.4 Å². The summed E-state index contributed by atoms with van der Waals surface area (Å²) >= 11 is 0. The highest BCUT2D eigenvalue weighted by molar-refractivity contribution is 5.62. The highest BCUT2D eigenvalue weighted by Crippen LogP contribution is 2.19. The molecule has 0 atom stereocenters. The van der Waals surface area contributed by atoms with E-state index in [0.29, 0.717) is 24.3 Å². The normalized spacial score (nSPS) is 10.7. The monoisotopic (exact) mass is 206 g/mol. The minimum atomic E-state index is -0.477. The SMILES string of the molecule is NCCc1nc([N+](=O)[O-])c2ccccn12. The summed E-state index contributed by atoms with van der Waals surface area (Å²) in [4.78, 5) is 14.2.